The number of benzene rings is 1. The number of rotatable bonds is 4. The van der Waals surface area contributed by atoms with Gasteiger partial charge in [-0.3, -0.25) is 9.29 Å². The molecule has 0 bridgehead atoms. The summed E-state index contributed by atoms with van der Waals surface area (Å²) in [6, 6.07) is 9.59. The lowest BCUT2D eigenvalue weighted by Gasteiger charge is -2.19. The minimum atomic E-state index is -3.67. The maximum atomic E-state index is 12.5. The lowest BCUT2D eigenvalue weighted by molar-refractivity contribution is 0.594. The van der Waals surface area contributed by atoms with Crippen molar-refractivity contribution in [2.45, 2.75) is 4.90 Å². The number of anilines is 1. The van der Waals surface area contributed by atoms with Gasteiger partial charge < -0.3 is 5.73 Å². The third-order valence-corrected chi connectivity index (χ3v) is 4.80. The van der Waals surface area contributed by atoms with Crippen LogP contribution in [0.3, 0.4) is 0 Å². The van der Waals surface area contributed by atoms with E-state index in [1.807, 2.05) is 0 Å². The molecule has 5 nitrogen and oxygen atoms in total. The number of pyridine rings is 1. The van der Waals surface area contributed by atoms with E-state index in [2.05, 4.69) is 4.98 Å². The number of hydrogen-bond acceptors (Lipinski definition) is 4. The van der Waals surface area contributed by atoms with Gasteiger partial charge >= 0.3 is 0 Å². The predicted molar refractivity (Wildman–Crippen MR) is 82.2 cm³/mol. The van der Waals surface area contributed by atoms with Gasteiger partial charge in [0.15, 0.2) is 0 Å². The van der Waals surface area contributed by atoms with Crippen LogP contribution in [0.25, 0.3) is 0 Å². The minimum absolute atomic E-state index is 0.133. The van der Waals surface area contributed by atoms with Gasteiger partial charge in [0, 0.05) is 18.8 Å². The SMILES string of the molecule is CN(c1cccnc1)S(=O)(=O)c1cccc(C(N)=S)c1. The van der Waals surface area contributed by atoms with E-state index in [1.54, 1.807) is 30.5 Å². The van der Waals surface area contributed by atoms with Crippen molar-refractivity contribution in [1.82, 2.24) is 4.98 Å². The smallest absolute Gasteiger partial charge is 0.264 e. The van der Waals surface area contributed by atoms with Crippen molar-refractivity contribution in [2.24, 2.45) is 5.73 Å². The minimum Gasteiger partial charge on any atom is -0.389 e. The molecule has 2 rings (SSSR count). The van der Waals surface area contributed by atoms with Crippen LogP contribution in [0.4, 0.5) is 5.69 Å². The molecule has 0 amide bonds. The summed E-state index contributed by atoms with van der Waals surface area (Å²) in [6.07, 6.45) is 3.06. The Kier molecular flexibility index (Phi) is 4.01. The second kappa shape index (κ2) is 5.56. The maximum absolute atomic E-state index is 12.5. The third-order valence-electron chi connectivity index (χ3n) is 2.79. The zero-order valence-corrected chi connectivity index (χ0v) is 12.4. The van der Waals surface area contributed by atoms with Crippen LogP contribution >= 0.6 is 12.2 Å². The Morgan fingerprint density at radius 3 is 2.65 bits per heavy atom. The van der Waals surface area contributed by atoms with Crippen LogP contribution in [0.15, 0.2) is 53.7 Å². The van der Waals surface area contributed by atoms with Gasteiger partial charge in [-0.1, -0.05) is 24.4 Å². The molecule has 0 fully saturated rings. The summed E-state index contributed by atoms with van der Waals surface area (Å²) in [5, 5.41) is 0. The molecule has 20 heavy (non-hydrogen) atoms. The Balaban J connectivity index is 2.45. The lowest BCUT2D eigenvalue weighted by atomic mass is 10.2. The first-order valence-corrected chi connectivity index (χ1v) is 7.56. The second-order valence-corrected chi connectivity index (χ2v) is 6.48. The second-order valence-electron chi connectivity index (χ2n) is 4.08. The van der Waals surface area contributed by atoms with Crippen LogP contribution in [-0.4, -0.2) is 25.4 Å². The standard InChI is InChI=1S/C13H13N3O2S2/c1-16(11-5-3-7-15-9-11)20(17,18)12-6-2-4-10(8-12)13(14)19/h2-9H,1H3,(H2,14,19). The van der Waals surface area contributed by atoms with Crippen LogP contribution < -0.4 is 10.0 Å². The van der Waals surface area contributed by atoms with Crippen LogP contribution in [0.5, 0.6) is 0 Å². The van der Waals surface area contributed by atoms with Crippen molar-refractivity contribution in [3.05, 3.63) is 54.4 Å². The van der Waals surface area contributed by atoms with E-state index in [9.17, 15) is 8.42 Å². The number of nitrogens with zero attached hydrogens (tertiary/aromatic N) is 2. The molecular weight excluding hydrogens is 294 g/mol. The molecule has 0 saturated heterocycles. The molecule has 0 aliphatic heterocycles. The van der Waals surface area contributed by atoms with E-state index >= 15 is 0 Å². The molecule has 0 radical (unpaired) electrons. The van der Waals surface area contributed by atoms with Crippen molar-refractivity contribution < 1.29 is 8.42 Å². The summed E-state index contributed by atoms with van der Waals surface area (Å²) in [6.45, 7) is 0. The fraction of sp³-hybridized carbons (Fsp3) is 0.0769. The van der Waals surface area contributed by atoms with Crippen molar-refractivity contribution in [2.75, 3.05) is 11.4 Å². The monoisotopic (exact) mass is 307 g/mol. The Morgan fingerprint density at radius 1 is 1.30 bits per heavy atom. The maximum Gasteiger partial charge on any atom is 0.264 e. The molecule has 7 heteroatoms. The Morgan fingerprint density at radius 2 is 2.05 bits per heavy atom. The zero-order valence-electron chi connectivity index (χ0n) is 10.7. The summed E-state index contributed by atoms with van der Waals surface area (Å²) in [5.41, 5.74) is 6.52. The fourth-order valence-electron chi connectivity index (χ4n) is 1.65. The van der Waals surface area contributed by atoms with Crippen LogP contribution in [0.2, 0.25) is 0 Å². The Labute approximate surface area is 123 Å². The van der Waals surface area contributed by atoms with E-state index < -0.39 is 10.0 Å². The van der Waals surface area contributed by atoms with Gasteiger partial charge in [-0.2, -0.15) is 0 Å². The third kappa shape index (κ3) is 2.78. The molecule has 0 atom stereocenters. The number of sulfonamides is 1. The van der Waals surface area contributed by atoms with Gasteiger partial charge in [0.2, 0.25) is 0 Å². The predicted octanol–water partition coefficient (Wildman–Crippen LogP) is 1.54. The molecule has 1 heterocycles. The quantitative estimate of drug-likeness (QED) is 0.867. The highest BCUT2D eigenvalue weighted by Crippen LogP contribution is 2.21. The molecule has 104 valence electrons. The molecule has 2 N–H and O–H groups in total. The lowest BCUT2D eigenvalue weighted by Crippen LogP contribution is -2.27. The largest absolute Gasteiger partial charge is 0.389 e. The van der Waals surface area contributed by atoms with Crippen molar-refractivity contribution >= 4 is 32.9 Å². The number of hydrogen-bond donors (Lipinski definition) is 1. The first-order valence-electron chi connectivity index (χ1n) is 5.72. The summed E-state index contributed by atoms with van der Waals surface area (Å²) >= 11 is 4.86. The first kappa shape index (κ1) is 14.4. The topological polar surface area (TPSA) is 76.3 Å². The average Bonchev–Trinajstić information content (AvgIpc) is 2.47. The van der Waals surface area contributed by atoms with E-state index in [1.165, 1.54) is 29.7 Å². The Bertz CT molecular complexity index is 730. The van der Waals surface area contributed by atoms with Crippen LogP contribution in [0.1, 0.15) is 5.56 Å². The number of nitrogens with two attached hydrogens (primary N) is 1. The molecule has 0 spiro atoms. The highest BCUT2D eigenvalue weighted by atomic mass is 32.2. The van der Waals surface area contributed by atoms with E-state index in [4.69, 9.17) is 18.0 Å². The van der Waals surface area contributed by atoms with Crippen LogP contribution in [0, 0.1) is 0 Å². The van der Waals surface area contributed by atoms with Crippen LogP contribution in [-0.2, 0) is 10.0 Å². The highest BCUT2D eigenvalue weighted by Gasteiger charge is 2.21. The number of aromatic nitrogens is 1. The number of thiocarbonyl (C=S) groups is 1. The molecule has 2 aromatic rings. The van der Waals surface area contributed by atoms with E-state index in [0.717, 1.165) is 0 Å². The van der Waals surface area contributed by atoms with Gasteiger partial charge in [-0.25, -0.2) is 8.42 Å². The van der Waals surface area contributed by atoms with E-state index in [0.29, 0.717) is 11.3 Å². The van der Waals surface area contributed by atoms with Gasteiger partial charge in [0.1, 0.15) is 4.99 Å². The fourth-order valence-corrected chi connectivity index (χ4v) is 3.00. The normalized spacial score (nSPS) is 11.1. The van der Waals surface area contributed by atoms with Crippen molar-refractivity contribution in [3.8, 4) is 0 Å². The van der Waals surface area contributed by atoms with Gasteiger partial charge in [-0.15, -0.1) is 0 Å². The summed E-state index contributed by atoms with van der Waals surface area (Å²) < 4.78 is 26.2. The molecular formula is C13H13N3O2S2. The summed E-state index contributed by atoms with van der Waals surface area (Å²) in [5.74, 6) is 0. The van der Waals surface area contributed by atoms with E-state index in [-0.39, 0.29) is 9.88 Å². The highest BCUT2D eigenvalue weighted by molar-refractivity contribution is 7.92. The average molecular weight is 307 g/mol. The molecule has 0 saturated carbocycles. The summed E-state index contributed by atoms with van der Waals surface area (Å²) in [7, 11) is -2.20. The Hall–Kier alpha value is -1.99. The molecule has 0 unspecified atom stereocenters. The summed E-state index contributed by atoms with van der Waals surface area (Å²) in [4.78, 5) is 4.20. The molecule has 0 aliphatic rings. The zero-order chi connectivity index (χ0) is 14.8. The van der Waals surface area contributed by atoms with Gasteiger partial charge in [0.05, 0.1) is 16.8 Å². The molecule has 0 aliphatic carbocycles. The molecule has 1 aromatic carbocycles. The van der Waals surface area contributed by atoms with Gasteiger partial charge in [-0.05, 0) is 24.3 Å². The van der Waals surface area contributed by atoms with Crippen molar-refractivity contribution in [3.63, 3.8) is 0 Å². The first-order chi connectivity index (χ1) is 9.43. The van der Waals surface area contributed by atoms with Gasteiger partial charge in [0.25, 0.3) is 10.0 Å². The van der Waals surface area contributed by atoms with Crippen molar-refractivity contribution in [1.29, 1.82) is 0 Å². The molecule has 1 aromatic heterocycles.